The van der Waals surface area contributed by atoms with E-state index in [1.807, 2.05) is 38.1 Å². The van der Waals surface area contributed by atoms with Crippen LogP contribution in [0.5, 0.6) is 0 Å². The van der Waals surface area contributed by atoms with E-state index in [4.69, 9.17) is 4.74 Å². The summed E-state index contributed by atoms with van der Waals surface area (Å²) in [7, 11) is 0. The molecule has 1 aromatic carbocycles. The van der Waals surface area contributed by atoms with Gasteiger partial charge in [-0.05, 0) is 32.4 Å². The van der Waals surface area contributed by atoms with E-state index in [9.17, 15) is 4.79 Å². The lowest BCUT2D eigenvalue weighted by Gasteiger charge is -2.11. The van der Waals surface area contributed by atoms with Crippen LogP contribution in [0.4, 0.5) is 10.5 Å². The van der Waals surface area contributed by atoms with E-state index >= 15 is 0 Å². The van der Waals surface area contributed by atoms with Crippen LogP contribution in [0.1, 0.15) is 25.8 Å². The van der Waals surface area contributed by atoms with Gasteiger partial charge < -0.3 is 10.1 Å². The molecule has 0 atom stereocenters. The van der Waals surface area contributed by atoms with E-state index in [1.54, 1.807) is 6.92 Å². The lowest BCUT2D eigenvalue weighted by atomic mass is 10.2. The Bertz CT molecular complexity index is 427. The number of nitrogens with zero attached hydrogens (tertiary/aromatic N) is 1. The largest absolute Gasteiger partial charge is 0.450 e. The first kappa shape index (κ1) is 15.0. The Labute approximate surface area is 114 Å². The van der Waals surface area contributed by atoms with Gasteiger partial charge >= 0.3 is 6.09 Å². The third-order valence-corrected chi connectivity index (χ3v) is 2.30. The zero-order chi connectivity index (χ0) is 14.1. The predicted octanol–water partition coefficient (Wildman–Crippen LogP) is 2.92. The highest BCUT2D eigenvalue weighted by Crippen LogP contribution is 2.08. The third kappa shape index (κ3) is 5.90. The molecule has 2 N–H and O–H groups in total. The minimum absolute atomic E-state index is 0.331. The summed E-state index contributed by atoms with van der Waals surface area (Å²) in [6.45, 7) is 6.78. The van der Waals surface area contributed by atoms with Crippen molar-refractivity contribution in [3.8, 4) is 0 Å². The number of aliphatic imine (C=N–C) groups is 1. The van der Waals surface area contributed by atoms with E-state index in [-0.39, 0.29) is 0 Å². The van der Waals surface area contributed by atoms with Crippen molar-refractivity contribution in [1.29, 1.82) is 0 Å². The number of hydrogen-bond acceptors (Lipinski definition) is 3. The lowest BCUT2D eigenvalue weighted by molar-refractivity contribution is 0.158. The van der Waals surface area contributed by atoms with Crippen LogP contribution >= 0.6 is 0 Å². The number of aryl methyl sites for hydroxylation is 1. The van der Waals surface area contributed by atoms with E-state index in [0.717, 1.165) is 12.1 Å². The molecule has 0 aromatic heterocycles. The molecule has 104 valence electrons. The molecule has 19 heavy (non-hydrogen) atoms. The monoisotopic (exact) mass is 263 g/mol. The number of carbonyl (C=O) groups is 1. The summed E-state index contributed by atoms with van der Waals surface area (Å²) in [5.74, 6) is 0.407. The van der Waals surface area contributed by atoms with Gasteiger partial charge in [0.15, 0.2) is 0 Å². The maximum atomic E-state index is 11.4. The zero-order valence-electron chi connectivity index (χ0n) is 11.7. The van der Waals surface area contributed by atoms with E-state index in [0.29, 0.717) is 19.1 Å². The number of amides is 1. The first-order chi connectivity index (χ1) is 9.15. The fourth-order valence-electron chi connectivity index (χ4n) is 1.37. The molecule has 0 saturated heterocycles. The number of benzene rings is 1. The molecule has 1 rings (SSSR count). The molecule has 0 aliphatic rings. The van der Waals surface area contributed by atoms with E-state index in [2.05, 4.69) is 15.6 Å². The summed E-state index contributed by atoms with van der Waals surface area (Å²) in [6, 6.07) is 7.85. The number of anilines is 1. The molecule has 0 radical (unpaired) electrons. The van der Waals surface area contributed by atoms with Crippen molar-refractivity contribution in [1.82, 2.24) is 5.32 Å². The van der Waals surface area contributed by atoms with Gasteiger partial charge in [0, 0.05) is 12.2 Å². The van der Waals surface area contributed by atoms with Gasteiger partial charge in [-0.25, -0.2) is 4.79 Å². The average Bonchev–Trinajstić information content (AvgIpc) is 2.39. The number of carbonyl (C=O) groups excluding carboxylic acids is 1. The van der Waals surface area contributed by atoms with Crippen LogP contribution in [0.2, 0.25) is 0 Å². The SMILES string of the molecule is CCCN=C(NC(=O)OCC)Nc1ccc(C)cc1. The quantitative estimate of drug-likeness (QED) is 0.648. The van der Waals surface area contributed by atoms with Gasteiger partial charge in [0.1, 0.15) is 0 Å². The smallest absolute Gasteiger partial charge is 0.413 e. The van der Waals surface area contributed by atoms with Crippen molar-refractivity contribution in [2.75, 3.05) is 18.5 Å². The second kappa shape index (κ2) is 8.13. The molecule has 5 heteroatoms. The normalized spacial score (nSPS) is 11.0. The Balaban J connectivity index is 2.68. The molecule has 5 nitrogen and oxygen atoms in total. The van der Waals surface area contributed by atoms with Crippen LogP contribution in [-0.2, 0) is 4.74 Å². The Hall–Kier alpha value is -2.04. The van der Waals surface area contributed by atoms with Crippen molar-refractivity contribution in [2.45, 2.75) is 27.2 Å². The van der Waals surface area contributed by atoms with Crippen LogP contribution in [0.15, 0.2) is 29.3 Å². The molecular weight excluding hydrogens is 242 g/mol. The predicted molar refractivity (Wildman–Crippen MR) is 77.6 cm³/mol. The molecule has 0 aliphatic carbocycles. The van der Waals surface area contributed by atoms with Crippen LogP contribution in [0.3, 0.4) is 0 Å². The average molecular weight is 263 g/mol. The molecule has 1 aromatic rings. The minimum atomic E-state index is -0.503. The number of alkyl carbamates (subject to hydrolysis) is 1. The second-order valence-corrected chi connectivity index (χ2v) is 4.07. The lowest BCUT2D eigenvalue weighted by Crippen LogP contribution is -2.36. The summed E-state index contributed by atoms with van der Waals surface area (Å²) in [5.41, 5.74) is 2.05. The zero-order valence-corrected chi connectivity index (χ0v) is 11.7. The van der Waals surface area contributed by atoms with E-state index in [1.165, 1.54) is 5.56 Å². The van der Waals surface area contributed by atoms with Crippen LogP contribution in [-0.4, -0.2) is 25.2 Å². The summed E-state index contributed by atoms with van der Waals surface area (Å²) < 4.78 is 4.84. The molecule has 0 heterocycles. The highest BCUT2D eigenvalue weighted by molar-refractivity contribution is 6.02. The molecule has 1 amide bonds. The van der Waals surface area contributed by atoms with Crippen molar-refractivity contribution in [3.63, 3.8) is 0 Å². The van der Waals surface area contributed by atoms with Crippen LogP contribution < -0.4 is 10.6 Å². The molecule has 0 bridgehead atoms. The fraction of sp³-hybridized carbons (Fsp3) is 0.429. The molecule has 0 fully saturated rings. The van der Waals surface area contributed by atoms with Gasteiger partial charge in [0.05, 0.1) is 6.61 Å². The van der Waals surface area contributed by atoms with Gasteiger partial charge in [-0.15, -0.1) is 0 Å². The Morgan fingerprint density at radius 2 is 1.95 bits per heavy atom. The van der Waals surface area contributed by atoms with E-state index < -0.39 is 6.09 Å². The highest BCUT2D eigenvalue weighted by atomic mass is 16.5. The number of rotatable bonds is 4. The van der Waals surface area contributed by atoms with Crippen molar-refractivity contribution in [2.24, 2.45) is 4.99 Å². The minimum Gasteiger partial charge on any atom is -0.450 e. The summed E-state index contributed by atoms with van der Waals surface area (Å²) in [6.07, 6.45) is 0.404. The second-order valence-electron chi connectivity index (χ2n) is 4.07. The number of hydrogen-bond donors (Lipinski definition) is 2. The van der Waals surface area contributed by atoms with Gasteiger partial charge in [0.2, 0.25) is 5.96 Å². The molecule has 0 unspecified atom stereocenters. The van der Waals surface area contributed by atoms with Gasteiger partial charge in [-0.3, -0.25) is 10.3 Å². The maximum absolute atomic E-state index is 11.4. The summed E-state index contributed by atoms with van der Waals surface area (Å²) in [5, 5.41) is 5.66. The highest BCUT2D eigenvalue weighted by Gasteiger charge is 2.06. The number of nitrogens with one attached hydrogen (secondary N) is 2. The van der Waals surface area contributed by atoms with Gasteiger partial charge in [-0.2, -0.15) is 0 Å². The summed E-state index contributed by atoms with van der Waals surface area (Å²) >= 11 is 0. The number of ether oxygens (including phenoxy) is 1. The standard InChI is InChI=1S/C14H21N3O2/c1-4-10-15-13(17-14(18)19-5-2)16-12-8-6-11(3)7-9-12/h6-9H,4-5,10H2,1-3H3,(H2,15,16,17,18). The van der Waals surface area contributed by atoms with Crippen molar-refractivity contribution < 1.29 is 9.53 Å². The number of guanidine groups is 1. The van der Waals surface area contributed by atoms with Crippen LogP contribution in [0.25, 0.3) is 0 Å². The maximum Gasteiger partial charge on any atom is 0.413 e. The van der Waals surface area contributed by atoms with Crippen molar-refractivity contribution in [3.05, 3.63) is 29.8 Å². The molecule has 0 saturated carbocycles. The first-order valence-corrected chi connectivity index (χ1v) is 6.47. The first-order valence-electron chi connectivity index (χ1n) is 6.47. The third-order valence-electron chi connectivity index (χ3n) is 2.30. The summed E-state index contributed by atoms with van der Waals surface area (Å²) in [4.78, 5) is 15.7. The van der Waals surface area contributed by atoms with Crippen LogP contribution in [0, 0.1) is 6.92 Å². The Morgan fingerprint density at radius 1 is 1.26 bits per heavy atom. The molecule has 0 spiro atoms. The van der Waals surface area contributed by atoms with Gasteiger partial charge in [0.25, 0.3) is 0 Å². The Kier molecular flexibility index (Phi) is 6.43. The molecular formula is C14H21N3O2. The molecule has 0 aliphatic heterocycles. The fourth-order valence-corrected chi connectivity index (χ4v) is 1.37. The van der Waals surface area contributed by atoms with Gasteiger partial charge in [-0.1, -0.05) is 24.6 Å². The Morgan fingerprint density at radius 3 is 2.53 bits per heavy atom. The van der Waals surface area contributed by atoms with Crippen molar-refractivity contribution >= 4 is 17.7 Å². The topological polar surface area (TPSA) is 62.7 Å².